The predicted octanol–water partition coefficient (Wildman–Crippen LogP) is 2.93. The quantitative estimate of drug-likeness (QED) is 0.463. The maximum atomic E-state index is 12.9. The molecule has 3 atom stereocenters. The zero-order valence-electron chi connectivity index (χ0n) is 19.8. The molecule has 0 spiro atoms. The predicted molar refractivity (Wildman–Crippen MR) is 126 cm³/mol. The van der Waals surface area contributed by atoms with Crippen molar-refractivity contribution in [1.29, 1.82) is 0 Å². The van der Waals surface area contributed by atoms with Gasteiger partial charge in [0.1, 0.15) is 18.4 Å². The van der Waals surface area contributed by atoms with Crippen molar-refractivity contribution in [2.45, 2.75) is 75.6 Å². The van der Waals surface area contributed by atoms with Gasteiger partial charge in [0.25, 0.3) is 15.7 Å². The maximum Gasteiger partial charge on any atom is 0.330 e. The van der Waals surface area contributed by atoms with Gasteiger partial charge in [-0.1, -0.05) is 38.5 Å². The average molecular weight is 497 g/mol. The van der Waals surface area contributed by atoms with Gasteiger partial charge in [0, 0.05) is 18.7 Å². The van der Waals surface area contributed by atoms with Crippen LogP contribution in [0.2, 0.25) is 18.1 Å². The number of aromatic nitrogens is 2. The van der Waals surface area contributed by atoms with Gasteiger partial charge in [0.05, 0.1) is 11.5 Å². The van der Waals surface area contributed by atoms with E-state index in [0.29, 0.717) is 0 Å². The standard InChI is InChI=1S/C22H32N2O7SSi/c1-15-7-9-16(10-8-15)32(27,28)31-17-13-20(24-12-11-19(25)23-21(24)26)30-18(17)14-29-33(5,6)22(2,3)4/h7-12,17-18,20H,13-14H2,1-6H3,(H,23,25,26)/t17-,18+,20+/m0/s1. The van der Waals surface area contributed by atoms with Crippen molar-refractivity contribution in [3.63, 3.8) is 0 Å². The van der Waals surface area contributed by atoms with Gasteiger partial charge in [0.15, 0.2) is 8.32 Å². The van der Waals surface area contributed by atoms with Crippen LogP contribution in [-0.4, -0.2) is 45.1 Å². The van der Waals surface area contributed by atoms with Crippen LogP contribution >= 0.6 is 0 Å². The highest BCUT2D eigenvalue weighted by atomic mass is 32.2. The van der Waals surface area contributed by atoms with Gasteiger partial charge in [-0.2, -0.15) is 8.42 Å². The SMILES string of the molecule is Cc1ccc(S(=O)(=O)O[C@H]2C[C@H](n3ccc(=O)[nH]c3=O)O[C@@H]2CO[Si](C)(C)C(C)(C)C)cc1. The van der Waals surface area contributed by atoms with Crippen molar-refractivity contribution in [3.05, 3.63) is 62.9 Å². The second-order valence-electron chi connectivity index (χ2n) is 9.86. The Morgan fingerprint density at radius 2 is 1.79 bits per heavy atom. The Balaban J connectivity index is 1.87. The molecule has 182 valence electrons. The van der Waals surface area contributed by atoms with Gasteiger partial charge in [0.2, 0.25) is 0 Å². The number of rotatable bonds is 7. The van der Waals surface area contributed by atoms with E-state index < -0.39 is 48.1 Å². The van der Waals surface area contributed by atoms with E-state index in [1.807, 2.05) is 6.92 Å². The Kier molecular flexibility index (Phi) is 7.20. The fraction of sp³-hybridized carbons (Fsp3) is 0.545. The molecule has 0 radical (unpaired) electrons. The van der Waals surface area contributed by atoms with Gasteiger partial charge < -0.3 is 9.16 Å². The first-order chi connectivity index (χ1) is 15.2. The van der Waals surface area contributed by atoms with E-state index >= 15 is 0 Å². The molecule has 33 heavy (non-hydrogen) atoms. The highest BCUT2D eigenvalue weighted by Gasteiger charge is 2.43. The highest BCUT2D eigenvalue weighted by molar-refractivity contribution is 7.86. The Morgan fingerprint density at radius 1 is 1.15 bits per heavy atom. The summed E-state index contributed by atoms with van der Waals surface area (Å²) < 4.78 is 45.0. The van der Waals surface area contributed by atoms with Crippen molar-refractivity contribution in [2.75, 3.05) is 6.61 Å². The van der Waals surface area contributed by atoms with E-state index in [2.05, 4.69) is 38.8 Å². The minimum Gasteiger partial charge on any atom is -0.414 e. The molecule has 1 aromatic heterocycles. The zero-order chi connectivity index (χ0) is 24.6. The van der Waals surface area contributed by atoms with Crippen LogP contribution in [0.3, 0.4) is 0 Å². The number of ether oxygens (including phenoxy) is 1. The lowest BCUT2D eigenvalue weighted by Gasteiger charge is -2.37. The van der Waals surface area contributed by atoms with Gasteiger partial charge >= 0.3 is 5.69 Å². The monoisotopic (exact) mass is 496 g/mol. The molecule has 1 aliphatic heterocycles. The van der Waals surface area contributed by atoms with Gasteiger partial charge in [-0.05, 0) is 37.2 Å². The topological polar surface area (TPSA) is 117 Å². The molecule has 0 amide bonds. The number of aromatic amines is 1. The van der Waals surface area contributed by atoms with E-state index in [1.54, 1.807) is 12.1 Å². The van der Waals surface area contributed by atoms with Crippen molar-refractivity contribution in [3.8, 4) is 0 Å². The fourth-order valence-electron chi connectivity index (χ4n) is 3.21. The second kappa shape index (κ2) is 9.30. The summed E-state index contributed by atoms with van der Waals surface area (Å²) in [5.41, 5.74) is -0.239. The smallest absolute Gasteiger partial charge is 0.330 e. The summed E-state index contributed by atoms with van der Waals surface area (Å²) in [6.07, 6.45) is -0.967. The van der Waals surface area contributed by atoms with Gasteiger partial charge in [-0.25, -0.2) is 4.79 Å². The molecule has 1 aliphatic rings. The first-order valence-corrected chi connectivity index (χ1v) is 15.1. The average Bonchev–Trinajstić information content (AvgIpc) is 3.07. The molecule has 0 bridgehead atoms. The molecule has 2 heterocycles. The van der Waals surface area contributed by atoms with Crippen LogP contribution in [0.5, 0.6) is 0 Å². The number of hydrogen-bond acceptors (Lipinski definition) is 7. The lowest BCUT2D eigenvalue weighted by atomic mass is 10.2. The molecule has 1 saturated heterocycles. The normalized spacial score (nSPS) is 21.9. The van der Waals surface area contributed by atoms with E-state index in [9.17, 15) is 18.0 Å². The van der Waals surface area contributed by atoms with Crippen molar-refractivity contribution < 1.29 is 21.8 Å². The van der Waals surface area contributed by atoms with E-state index in [4.69, 9.17) is 13.3 Å². The molecular weight excluding hydrogens is 464 g/mol. The van der Waals surface area contributed by atoms with Crippen LogP contribution in [-0.2, 0) is 23.5 Å². The third-order valence-electron chi connectivity index (χ3n) is 6.32. The Bertz CT molecular complexity index is 1200. The molecule has 0 saturated carbocycles. The van der Waals surface area contributed by atoms with Gasteiger partial charge in [-0.15, -0.1) is 0 Å². The molecule has 1 N–H and O–H groups in total. The van der Waals surface area contributed by atoms with Crippen LogP contribution in [0.4, 0.5) is 0 Å². The molecule has 1 fully saturated rings. The molecule has 1 aromatic carbocycles. The Hall–Kier alpha value is -2.05. The molecule has 0 aliphatic carbocycles. The summed E-state index contributed by atoms with van der Waals surface area (Å²) >= 11 is 0. The number of benzene rings is 1. The first-order valence-electron chi connectivity index (χ1n) is 10.8. The van der Waals surface area contributed by atoms with E-state index in [0.717, 1.165) is 5.56 Å². The zero-order valence-corrected chi connectivity index (χ0v) is 21.6. The van der Waals surface area contributed by atoms with Crippen LogP contribution < -0.4 is 11.2 Å². The van der Waals surface area contributed by atoms with Crippen LogP contribution in [0.25, 0.3) is 0 Å². The van der Waals surface area contributed by atoms with Crippen LogP contribution in [0, 0.1) is 6.92 Å². The third kappa shape index (κ3) is 5.90. The minimum atomic E-state index is -4.07. The summed E-state index contributed by atoms with van der Waals surface area (Å²) in [7, 11) is -6.22. The molecule has 9 nitrogen and oxygen atoms in total. The van der Waals surface area contributed by atoms with Crippen LogP contribution in [0.15, 0.2) is 51.0 Å². The number of aryl methyl sites for hydroxylation is 1. The molecule has 11 heteroatoms. The maximum absolute atomic E-state index is 12.9. The van der Waals surface area contributed by atoms with Crippen molar-refractivity contribution in [1.82, 2.24) is 9.55 Å². The molecule has 2 aromatic rings. The van der Waals surface area contributed by atoms with E-state index in [1.165, 1.54) is 29.0 Å². The highest BCUT2D eigenvalue weighted by Crippen LogP contribution is 2.38. The van der Waals surface area contributed by atoms with Crippen molar-refractivity contribution in [2.24, 2.45) is 0 Å². The van der Waals surface area contributed by atoms with Crippen LogP contribution in [0.1, 0.15) is 39.0 Å². The lowest BCUT2D eigenvalue weighted by Crippen LogP contribution is -2.44. The second-order valence-corrected chi connectivity index (χ2v) is 16.2. The number of nitrogens with zero attached hydrogens (tertiary/aromatic N) is 1. The van der Waals surface area contributed by atoms with E-state index in [-0.39, 0.29) is 23.0 Å². The minimum absolute atomic E-state index is 0.0434. The number of nitrogens with one attached hydrogen (secondary N) is 1. The number of hydrogen-bond donors (Lipinski definition) is 1. The van der Waals surface area contributed by atoms with Gasteiger partial charge in [-0.3, -0.25) is 18.5 Å². The largest absolute Gasteiger partial charge is 0.414 e. The molecule has 3 rings (SSSR count). The fourth-order valence-corrected chi connectivity index (χ4v) is 5.33. The summed E-state index contributed by atoms with van der Waals surface area (Å²) in [5.74, 6) is 0. The summed E-state index contributed by atoms with van der Waals surface area (Å²) in [6.45, 7) is 12.5. The van der Waals surface area contributed by atoms with Crippen molar-refractivity contribution >= 4 is 18.4 Å². The summed E-state index contributed by atoms with van der Waals surface area (Å²) in [4.78, 5) is 25.9. The number of H-pyrrole nitrogens is 1. The summed E-state index contributed by atoms with van der Waals surface area (Å²) in [5, 5.41) is -0.0504. The molecule has 0 unspecified atom stereocenters. The third-order valence-corrected chi connectivity index (χ3v) is 12.2. The Labute approximate surface area is 195 Å². The molecular formula is C22H32N2O7SSi. The first kappa shape index (κ1) is 25.6. The summed E-state index contributed by atoms with van der Waals surface area (Å²) in [6, 6.07) is 7.59. The lowest BCUT2D eigenvalue weighted by molar-refractivity contribution is -0.0388. The Morgan fingerprint density at radius 3 is 2.36 bits per heavy atom.